The molecule has 2 aromatic heterocycles. The van der Waals surface area contributed by atoms with E-state index in [1.807, 2.05) is 35.9 Å². The number of nitriles is 1. The average Bonchev–Trinajstić information content (AvgIpc) is 3.07. The lowest BCUT2D eigenvalue weighted by molar-refractivity contribution is -0.116. The molecular weight excluding hydrogens is 314 g/mol. The number of anilines is 1. The lowest BCUT2D eigenvalue weighted by atomic mass is 10.1. The van der Waals surface area contributed by atoms with Gasteiger partial charge in [0.15, 0.2) is 5.82 Å². The predicted molar refractivity (Wildman–Crippen MR) is 94.2 cm³/mol. The van der Waals surface area contributed by atoms with Gasteiger partial charge in [-0.1, -0.05) is 12.1 Å². The Hall–Kier alpha value is -3.46. The lowest BCUT2D eigenvalue weighted by Crippen LogP contribution is -2.15. The van der Waals surface area contributed by atoms with Crippen molar-refractivity contribution >= 4 is 11.6 Å². The molecule has 1 aromatic carbocycles. The summed E-state index contributed by atoms with van der Waals surface area (Å²) in [4.78, 5) is 20.8. The second-order valence-corrected chi connectivity index (χ2v) is 5.58. The van der Waals surface area contributed by atoms with Crippen LogP contribution in [0.3, 0.4) is 0 Å². The number of aryl methyl sites for hydroxylation is 2. The van der Waals surface area contributed by atoms with Crippen molar-refractivity contribution in [1.29, 1.82) is 5.26 Å². The smallest absolute Gasteiger partial charge is 0.224 e. The molecule has 0 atom stereocenters. The van der Waals surface area contributed by atoms with E-state index in [9.17, 15) is 4.79 Å². The van der Waals surface area contributed by atoms with Gasteiger partial charge in [-0.3, -0.25) is 9.36 Å². The molecule has 1 N–H and O–H groups in total. The number of hydrogen-bond donors (Lipinski definition) is 1. The summed E-state index contributed by atoms with van der Waals surface area (Å²) in [7, 11) is 0. The normalized spacial score (nSPS) is 10.2. The fourth-order valence-electron chi connectivity index (χ4n) is 2.50. The van der Waals surface area contributed by atoms with E-state index in [4.69, 9.17) is 5.26 Å². The second kappa shape index (κ2) is 7.41. The standard InChI is InChI=1S/C19H17N5O/c1-14-21-11-12-24(14)19-17(3-2-10-22-19)23-18(25)9-8-15-4-6-16(13-20)7-5-15/h2-7,10-12H,8-9H2,1H3,(H,23,25). The maximum atomic E-state index is 12.3. The van der Waals surface area contributed by atoms with Crippen LogP contribution in [0.15, 0.2) is 55.0 Å². The molecule has 3 rings (SSSR count). The molecule has 1 amide bonds. The van der Waals surface area contributed by atoms with Crippen LogP contribution in [0.1, 0.15) is 23.4 Å². The summed E-state index contributed by atoms with van der Waals surface area (Å²) in [6.45, 7) is 1.88. The van der Waals surface area contributed by atoms with Gasteiger partial charge in [-0.05, 0) is 43.2 Å². The zero-order chi connectivity index (χ0) is 17.6. The van der Waals surface area contributed by atoms with Crippen LogP contribution in [0.5, 0.6) is 0 Å². The van der Waals surface area contributed by atoms with Gasteiger partial charge >= 0.3 is 0 Å². The lowest BCUT2D eigenvalue weighted by Gasteiger charge is -2.11. The summed E-state index contributed by atoms with van der Waals surface area (Å²) in [5.41, 5.74) is 2.28. The van der Waals surface area contributed by atoms with E-state index >= 15 is 0 Å². The molecule has 0 saturated carbocycles. The molecular formula is C19H17N5O. The SMILES string of the molecule is Cc1nccn1-c1ncccc1NC(=O)CCc1ccc(C#N)cc1. The number of nitrogens with zero attached hydrogens (tertiary/aromatic N) is 4. The molecule has 0 unspecified atom stereocenters. The number of pyridine rings is 1. The summed E-state index contributed by atoms with van der Waals surface area (Å²) < 4.78 is 1.83. The van der Waals surface area contributed by atoms with Gasteiger partial charge in [-0.2, -0.15) is 5.26 Å². The fourth-order valence-corrected chi connectivity index (χ4v) is 2.50. The molecule has 0 bridgehead atoms. The third kappa shape index (κ3) is 3.90. The predicted octanol–water partition coefficient (Wildman–Crippen LogP) is 3.02. The number of carbonyl (C=O) groups is 1. The van der Waals surface area contributed by atoms with Crippen molar-refractivity contribution in [1.82, 2.24) is 14.5 Å². The number of carbonyl (C=O) groups excluding carboxylic acids is 1. The van der Waals surface area contributed by atoms with Crippen LogP contribution in [0.4, 0.5) is 5.69 Å². The van der Waals surface area contributed by atoms with Crippen LogP contribution >= 0.6 is 0 Å². The Morgan fingerprint density at radius 3 is 2.68 bits per heavy atom. The van der Waals surface area contributed by atoms with Gasteiger partial charge in [-0.25, -0.2) is 9.97 Å². The van der Waals surface area contributed by atoms with Gasteiger partial charge in [0.2, 0.25) is 5.91 Å². The van der Waals surface area contributed by atoms with E-state index < -0.39 is 0 Å². The highest BCUT2D eigenvalue weighted by molar-refractivity contribution is 5.92. The zero-order valence-electron chi connectivity index (χ0n) is 13.8. The number of amides is 1. The van der Waals surface area contributed by atoms with Crippen LogP contribution in [0.25, 0.3) is 5.82 Å². The molecule has 2 heterocycles. The third-order valence-electron chi connectivity index (χ3n) is 3.84. The molecule has 0 radical (unpaired) electrons. The summed E-state index contributed by atoms with van der Waals surface area (Å²) in [5, 5.41) is 11.7. The molecule has 0 fully saturated rings. The highest BCUT2D eigenvalue weighted by atomic mass is 16.1. The van der Waals surface area contributed by atoms with Crippen molar-refractivity contribution in [3.05, 3.63) is 71.9 Å². The van der Waals surface area contributed by atoms with Gasteiger partial charge in [0.25, 0.3) is 0 Å². The van der Waals surface area contributed by atoms with Crippen molar-refractivity contribution in [2.24, 2.45) is 0 Å². The number of imidazole rings is 1. The van der Waals surface area contributed by atoms with Crippen LogP contribution in [0, 0.1) is 18.3 Å². The van der Waals surface area contributed by atoms with E-state index in [-0.39, 0.29) is 5.91 Å². The molecule has 6 heteroatoms. The van der Waals surface area contributed by atoms with E-state index in [0.29, 0.717) is 29.9 Å². The summed E-state index contributed by atoms with van der Waals surface area (Å²) >= 11 is 0. The molecule has 0 aliphatic rings. The first kappa shape index (κ1) is 16.4. The quantitative estimate of drug-likeness (QED) is 0.779. The fraction of sp³-hybridized carbons (Fsp3) is 0.158. The number of aromatic nitrogens is 3. The number of benzene rings is 1. The largest absolute Gasteiger partial charge is 0.323 e. The zero-order valence-corrected chi connectivity index (χ0v) is 13.8. The Kier molecular flexibility index (Phi) is 4.86. The van der Waals surface area contributed by atoms with Gasteiger partial charge in [0.05, 0.1) is 17.3 Å². The van der Waals surface area contributed by atoms with Gasteiger partial charge < -0.3 is 5.32 Å². The number of nitrogens with one attached hydrogen (secondary N) is 1. The first-order valence-electron chi connectivity index (χ1n) is 7.91. The minimum Gasteiger partial charge on any atom is -0.323 e. The van der Waals surface area contributed by atoms with Gasteiger partial charge in [-0.15, -0.1) is 0 Å². The molecule has 0 spiro atoms. The molecule has 124 valence electrons. The number of hydrogen-bond acceptors (Lipinski definition) is 4. The van der Waals surface area contributed by atoms with Crippen LogP contribution < -0.4 is 5.32 Å². The highest BCUT2D eigenvalue weighted by Crippen LogP contribution is 2.19. The minimum atomic E-state index is -0.0867. The molecule has 25 heavy (non-hydrogen) atoms. The molecule has 0 saturated heterocycles. The van der Waals surface area contributed by atoms with Crippen molar-refractivity contribution in [2.45, 2.75) is 19.8 Å². The minimum absolute atomic E-state index is 0.0867. The van der Waals surface area contributed by atoms with E-state index in [0.717, 1.165) is 11.4 Å². The number of rotatable bonds is 5. The van der Waals surface area contributed by atoms with Crippen molar-refractivity contribution in [3.8, 4) is 11.9 Å². The Morgan fingerprint density at radius 2 is 2.00 bits per heavy atom. The average molecular weight is 331 g/mol. The first-order valence-corrected chi connectivity index (χ1v) is 7.91. The van der Waals surface area contributed by atoms with E-state index in [1.54, 1.807) is 30.6 Å². The van der Waals surface area contributed by atoms with Crippen LogP contribution in [-0.4, -0.2) is 20.4 Å². The Labute approximate surface area is 145 Å². The highest BCUT2D eigenvalue weighted by Gasteiger charge is 2.11. The molecule has 6 nitrogen and oxygen atoms in total. The topological polar surface area (TPSA) is 83.6 Å². The molecule has 3 aromatic rings. The molecule has 0 aliphatic carbocycles. The summed E-state index contributed by atoms with van der Waals surface area (Å²) in [6.07, 6.45) is 6.14. The Morgan fingerprint density at radius 1 is 1.20 bits per heavy atom. The van der Waals surface area contributed by atoms with Crippen molar-refractivity contribution < 1.29 is 4.79 Å². The van der Waals surface area contributed by atoms with E-state index in [2.05, 4.69) is 21.4 Å². The Bertz CT molecular complexity index is 921. The second-order valence-electron chi connectivity index (χ2n) is 5.58. The van der Waals surface area contributed by atoms with Crippen LogP contribution in [0.2, 0.25) is 0 Å². The van der Waals surface area contributed by atoms with Crippen molar-refractivity contribution in [2.75, 3.05) is 5.32 Å². The van der Waals surface area contributed by atoms with Gasteiger partial charge in [0, 0.05) is 25.0 Å². The maximum absolute atomic E-state index is 12.3. The summed E-state index contributed by atoms with van der Waals surface area (Å²) in [6, 6.07) is 12.9. The van der Waals surface area contributed by atoms with Crippen molar-refractivity contribution in [3.63, 3.8) is 0 Å². The summed E-state index contributed by atoms with van der Waals surface area (Å²) in [5.74, 6) is 1.35. The monoisotopic (exact) mass is 331 g/mol. The van der Waals surface area contributed by atoms with Crippen LogP contribution in [-0.2, 0) is 11.2 Å². The maximum Gasteiger partial charge on any atom is 0.224 e. The third-order valence-corrected chi connectivity index (χ3v) is 3.84. The van der Waals surface area contributed by atoms with E-state index in [1.165, 1.54) is 0 Å². The Balaban J connectivity index is 1.67. The first-order chi connectivity index (χ1) is 12.2. The molecule has 0 aliphatic heterocycles. The van der Waals surface area contributed by atoms with Gasteiger partial charge in [0.1, 0.15) is 5.82 Å².